The molecule has 0 fully saturated rings. The van der Waals surface area contributed by atoms with Crippen LogP contribution in [-0.2, 0) is 0 Å². The molecule has 0 radical (unpaired) electrons. The maximum Gasteiger partial charge on any atom is 0.256 e. The number of carbonyl (C=O) groups is 1. The highest BCUT2D eigenvalue weighted by Gasteiger charge is 2.10. The fourth-order valence-corrected chi connectivity index (χ4v) is 2.43. The van der Waals surface area contributed by atoms with Gasteiger partial charge in [-0.05, 0) is 59.8 Å². The Bertz CT molecular complexity index is 601. The van der Waals surface area contributed by atoms with Crippen LogP contribution in [-0.4, -0.2) is 10.9 Å². The summed E-state index contributed by atoms with van der Waals surface area (Å²) in [5, 5.41) is 2.86. The minimum Gasteiger partial charge on any atom is -0.322 e. The summed E-state index contributed by atoms with van der Waals surface area (Å²) in [5.74, 6) is -0.119. The van der Waals surface area contributed by atoms with E-state index in [1.54, 1.807) is 12.3 Å². The number of rotatable bonds is 2. The third kappa shape index (κ3) is 3.29. The van der Waals surface area contributed by atoms with E-state index in [0.29, 0.717) is 5.56 Å². The molecule has 18 heavy (non-hydrogen) atoms. The molecule has 0 aliphatic carbocycles. The predicted molar refractivity (Wildman–Crippen MR) is 83.8 cm³/mol. The Morgan fingerprint density at radius 2 is 2.11 bits per heavy atom. The van der Waals surface area contributed by atoms with Gasteiger partial charge in [0.25, 0.3) is 5.91 Å². The number of amides is 1. The normalized spacial score (nSPS) is 10.2. The summed E-state index contributed by atoms with van der Waals surface area (Å²) in [4.78, 5) is 16.2. The highest BCUT2D eigenvalue weighted by atomic mass is 127. The molecule has 1 heterocycles. The van der Waals surface area contributed by atoms with Crippen LogP contribution in [0.25, 0.3) is 0 Å². The molecular formula is C13H10BrIN2O. The summed E-state index contributed by atoms with van der Waals surface area (Å²) in [6, 6.07) is 9.23. The van der Waals surface area contributed by atoms with Gasteiger partial charge in [0.1, 0.15) is 0 Å². The van der Waals surface area contributed by atoms with E-state index in [4.69, 9.17) is 0 Å². The van der Waals surface area contributed by atoms with Gasteiger partial charge in [-0.25, -0.2) is 0 Å². The van der Waals surface area contributed by atoms with Gasteiger partial charge >= 0.3 is 0 Å². The molecule has 0 aliphatic heterocycles. The molecule has 0 spiro atoms. The molecule has 1 aromatic carbocycles. The molecule has 1 amide bonds. The largest absolute Gasteiger partial charge is 0.322 e. The SMILES string of the molecule is Cc1cc(NC(=O)c2cc(Br)ccc2I)ccn1. The number of aromatic nitrogens is 1. The Morgan fingerprint density at radius 1 is 1.33 bits per heavy atom. The highest BCUT2D eigenvalue weighted by Crippen LogP contribution is 2.19. The average Bonchev–Trinajstić information content (AvgIpc) is 2.32. The first-order valence-electron chi connectivity index (χ1n) is 5.25. The summed E-state index contributed by atoms with van der Waals surface area (Å²) in [7, 11) is 0. The number of carbonyl (C=O) groups excluding carboxylic acids is 1. The second kappa shape index (κ2) is 5.79. The zero-order chi connectivity index (χ0) is 13.1. The molecule has 2 rings (SSSR count). The highest BCUT2D eigenvalue weighted by molar-refractivity contribution is 14.1. The molecular weight excluding hydrogens is 407 g/mol. The van der Waals surface area contributed by atoms with E-state index in [1.165, 1.54) is 0 Å². The van der Waals surface area contributed by atoms with E-state index in [0.717, 1.165) is 19.4 Å². The van der Waals surface area contributed by atoms with Crippen molar-refractivity contribution in [3.63, 3.8) is 0 Å². The van der Waals surface area contributed by atoms with Gasteiger partial charge in [0, 0.05) is 25.6 Å². The Kier molecular flexibility index (Phi) is 4.34. The van der Waals surface area contributed by atoms with Crippen molar-refractivity contribution in [2.24, 2.45) is 0 Å². The Balaban J connectivity index is 2.24. The van der Waals surface area contributed by atoms with Gasteiger partial charge in [-0.15, -0.1) is 0 Å². The number of hydrogen-bond donors (Lipinski definition) is 1. The topological polar surface area (TPSA) is 42.0 Å². The number of nitrogens with zero attached hydrogens (tertiary/aromatic N) is 1. The number of hydrogen-bond acceptors (Lipinski definition) is 2. The van der Waals surface area contributed by atoms with Gasteiger partial charge in [0.2, 0.25) is 0 Å². The van der Waals surface area contributed by atoms with E-state index in [-0.39, 0.29) is 5.91 Å². The standard InChI is InChI=1S/C13H10BrIN2O/c1-8-6-10(4-5-16-8)17-13(18)11-7-9(14)2-3-12(11)15/h2-7H,1H3,(H,16,17,18). The van der Waals surface area contributed by atoms with Crippen LogP contribution in [0.3, 0.4) is 0 Å². The number of halogens is 2. The molecule has 3 nitrogen and oxygen atoms in total. The first kappa shape index (κ1) is 13.5. The molecule has 1 N–H and O–H groups in total. The first-order valence-corrected chi connectivity index (χ1v) is 7.12. The summed E-state index contributed by atoms with van der Waals surface area (Å²) >= 11 is 5.52. The van der Waals surface area contributed by atoms with E-state index >= 15 is 0 Å². The van der Waals surface area contributed by atoms with Crippen LogP contribution >= 0.6 is 38.5 Å². The van der Waals surface area contributed by atoms with E-state index in [9.17, 15) is 4.79 Å². The van der Waals surface area contributed by atoms with E-state index in [2.05, 4.69) is 48.8 Å². The van der Waals surface area contributed by atoms with Gasteiger partial charge in [0.15, 0.2) is 0 Å². The molecule has 92 valence electrons. The quantitative estimate of drug-likeness (QED) is 0.751. The zero-order valence-corrected chi connectivity index (χ0v) is 13.3. The fourth-order valence-electron chi connectivity index (χ4n) is 1.49. The van der Waals surface area contributed by atoms with Crippen molar-refractivity contribution in [1.82, 2.24) is 4.98 Å². The molecule has 0 bridgehead atoms. The fraction of sp³-hybridized carbons (Fsp3) is 0.0769. The van der Waals surface area contributed by atoms with Crippen LogP contribution in [0.4, 0.5) is 5.69 Å². The second-order valence-corrected chi connectivity index (χ2v) is 5.84. The Morgan fingerprint density at radius 3 is 2.83 bits per heavy atom. The number of anilines is 1. The van der Waals surface area contributed by atoms with Crippen LogP contribution in [0, 0.1) is 10.5 Å². The lowest BCUT2D eigenvalue weighted by Crippen LogP contribution is -2.13. The lowest BCUT2D eigenvalue weighted by atomic mass is 10.2. The summed E-state index contributed by atoms with van der Waals surface area (Å²) in [5.41, 5.74) is 2.28. The Hall–Kier alpha value is -0.950. The van der Waals surface area contributed by atoms with Crippen LogP contribution in [0.15, 0.2) is 41.0 Å². The third-order valence-corrected chi connectivity index (χ3v) is 3.76. The molecule has 0 saturated heterocycles. The maximum atomic E-state index is 12.1. The van der Waals surface area contributed by atoms with Crippen molar-refractivity contribution in [3.8, 4) is 0 Å². The van der Waals surface area contributed by atoms with Crippen molar-refractivity contribution in [3.05, 3.63) is 55.8 Å². The van der Waals surface area contributed by atoms with Crippen molar-refractivity contribution in [1.29, 1.82) is 0 Å². The smallest absolute Gasteiger partial charge is 0.256 e. The summed E-state index contributed by atoms with van der Waals surface area (Å²) < 4.78 is 1.80. The predicted octanol–water partition coefficient (Wildman–Crippen LogP) is 4.01. The van der Waals surface area contributed by atoms with E-state index in [1.807, 2.05) is 31.2 Å². The summed E-state index contributed by atoms with van der Waals surface area (Å²) in [6.07, 6.45) is 1.68. The lowest BCUT2D eigenvalue weighted by Gasteiger charge is -2.07. The first-order chi connectivity index (χ1) is 8.56. The molecule has 0 saturated carbocycles. The molecule has 0 aliphatic rings. The zero-order valence-electron chi connectivity index (χ0n) is 9.58. The van der Waals surface area contributed by atoms with Crippen molar-refractivity contribution in [2.45, 2.75) is 6.92 Å². The summed E-state index contributed by atoms with van der Waals surface area (Å²) in [6.45, 7) is 1.89. The third-order valence-electron chi connectivity index (χ3n) is 2.33. The molecule has 5 heteroatoms. The number of benzene rings is 1. The van der Waals surface area contributed by atoms with E-state index < -0.39 is 0 Å². The maximum absolute atomic E-state index is 12.1. The number of pyridine rings is 1. The molecule has 1 aromatic heterocycles. The second-order valence-electron chi connectivity index (χ2n) is 3.76. The van der Waals surface area contributed by atoms with Gasteiger partial charge in [-0.2, -0.15) is 0 Å². The molecule has 0 unspecified atom stereocenters. The minimum atomic E-state index is -0.119. The monoisotopic (exact) mass is 416 g/mol. The number of aryl methyl sites for hydroxylation is 1. The van der Waals surface area contributed by atoms with Gasteiger partial charge < -0.3 is 5.32 Å². The van der Waals surface area contributed by atoms with Gasteiger partial charge in [-0.1, -0.05) is 15.9 Å². The van der Waals surface area contributed by atoms with Crippen molar-refractivity contribution >= 4 is 50.1 Å². The van der Waals surface area contributed by atoms with Crippen LogP contribution in [0.1, 0.15) is 16.1 Å². The van der Waals surface area contributed by atoms with Crippen LogP contribution in [0.2, 0.25) is 0 Å². The molecule has 2 aromatic rings. The van der Waals surface area contributed by atoms with Crippen molar-refractivity contribution in [2.75, 3.05) is 5.32 Å². The average molecular weight is 417 g/mol. The van der Waals surface area contributed by atoms with Crippen LogP contribution < -0.4 is 5.32 Å². The number of nitrogens with one attached hydrogen (secondary N) is 1. The minimum absolute atomic E-state index is 0.119. The Labute approximate surface area is 127 Å². The lowest BCUT2D eigenvalue weighted by molar-refractivity contribution is 0.102. The van der Waals surface area contributed by atoms with Crippen LogP contribution in [0.5, 0.6) is 0 Å². The van der Waals surface area contributed by atoms with Gasteiger partial charge in [0.05, 0.1) is 5.56 Å². The van der Waals surface area contributed by atoms with Gasteiger partial charge in [-0.3, -0.25) is 9.78 Å². The molecule has 0 atom stereocenters. The van der Waals surface area contributed by atoms with Crippen molar-refractivity contribution < 1.29 is 4.79 Å².